The number of benzene rings is 2. The van der Waals surface area contributed by atoms with Gasteiger partial charge in [0.1, 0.15) is 23.5 Å². The number of ether oxygens (including phenoxy) is 2. The molecule has 4 rings (SSSR count). The summed E-state index contributed by atoms with van der Waals surface area (Å²) in [6.45, 7) is 5.77. The summed E-state index contributed by atoms with van der Waals surface area (Å²) < 4.78 is 16.5. The molecule has 162 valence electrons. The molecular formula is C23H26N4O4. The van der Waals surface area contributed by atoms with Crippen LogP contribution in [0.15, 0.2) is 41.1 Å². The van der Waals surface area contributed by atoms with E-state index in [1.165, 1.54) is 6.33 Å². The summed E-state index contributed by atoms with van der Waals surface area (Å²) in [5.74, 6) is 2.19. The number of nitrogens with one attached hydrogen (secondary N) is 2. The number of fused-ring (bicyclic) bond motifs is 2. The van der Waals surface area contributed by atoms with Gasteiger partial charge in [-0.3, -0.25) is 4.79 Å². The SMILES string of the molecule is CC.CNC(=O)c1c(C)oc2cc(Nc3ncnc4cc(OC)c(OC)cc34)ccc12. The number of anilines is 2. The van der Waals surface area contributed by atoms with E-state index in [4.69, 9.17) is 13.9 Å². The molecule has 0 atom stereocenters. The first-order valence-corrected chi connectivity index (χ1v) is 9.94. The van der Waals surface area contributed by atoms with Crippen LogP contribution in [0.4, 0.5) is 11.5 Å². The average Bonchev–Trinajstić information content (AvgIpc) is 3.14. The minimum atomic E-state index is -0.176. The lowest BCUT2D eigenvalue weighted by Gasteiger charge is -2.12. The van der Waals surface area contributed by atoms with Crippen LogP contribution in [0.3, 0.4) is 0 Å². The van der Waals surface area contributed by atoms with E-state index in [0.717, 1.165) is 22.0 Å². The second kappa shape index (κ2) is 9.34. The number of hydrogen-bond donors (Lipinski definition) is 2. The molecule has 0 fully saturated rings. The van der Waals surface area contributed by atoms with Crippen LogP contribution >= 0.6 is 0 Å². The molecule has 31 heavy (non-hydrogen) atoms. The van der Waals surface area contributed by atoms with Crippen molar-refractivity contribution < 1.29 is 18.7 Å². The summed E-state index contributed by atoms with van der Waals surface area (Å²) in [5, 5.41) is 7.47. The predicted molar refractivity (Wildman–Crippen MR) is 122 cm³/mol. The Hall–Kier alpha value is -3.81. The van der Waals surface area contributed by atoms with Crippen molar-refractivity contribution in [3.63, 3.8) is 0 Å². The molecule has 0 radical (unpaired) electrons. The number of amides is 1. The lowest BCUT2D eigenvalue weighted by molar-refractivity contribution is 0.0963. The third-order valence-corrected chi connectivity index (χ3v) is 4.72. The number of aryl methyl sites for hydroxylation is 1. The lowest BCUT2D eigenvalue weighted by Crippen LogP contribution is -2.18. The minimum Gasteiger partial charge on any atom is -0.493 e. The molecule has 0 aliphatic heterocycles. The van der Waals surface area contributed by atoms with Gasteiger partial charge in [0.25, 0.3) is 5.91 Å². The summed E-state index contributed by atoms with van der Waals surface area (Å²) in [7, 11) is 4.76. The highest BCUT2D eigenvalue weighted by molar-refractivity contribution is 6.07. The highest BCUT2D eigenvalue weighted by atomic mass is 16.5. The van der Waals surface area contributed by atoms with Gasteiger partial charge in [-0.25, -0.2) is 9.97 Å². The van der Waals surface area contributed by atoms with Crippen molar-refractivity contribution in [2.75, 3.05) is 26.6 Å². The van der Waals surface area contributed by atoms with E-state index in [0.29, 0.717) is 34.2 Å². The number of rotatable bonds is 5. The Balaban J connectivity index is 0.00000132. The summed E-state index contributed by atoms with van der Waals surface area (Å²) in [4.78, 5) is 20.8. The third kappa shape index (κ3) is 4.09. The van der Waals surface area contributed by atoms with Crippen molar-refractivity contribution in [2.24, 2.45) is 0 Å². The molecule has 4 aromatic rings. The maximum Gasteiger partial charge on any atom is 0.255 e. The smallest absolute Gasteiger partial charge is 0.255 e. The summed E-state index contributed by atoms with van der Waals surface area (Å²) in [6, 6.07) is 9.19. The zero-order valence-corrected chi connectivity index (χ0v) is 18.5. The minimum absolute atomic E-state index is 0.176. The van der Waals surface area contributed by atoms with Gasteiger partial charge in [0.05, 0.1) is 25.3 Å². The van der Waals surface area contributed by atoms with E-state index >= 15 is 0 Å². The van der Waals surface area contributed by atoms with E-state index in [-0.39, 0.29) is 5.91 Å². The summed E-state index contributed by atoms with van der Waals surface area (Å²) in [5.41, 5.74) is 2.64. The zero-order valence-electron chi connectivity index (χ0n) is 18.5. The fraction of sp³-hybridized carbons (Fsp3) is 0.261. The first-order valence-electron chi connectivity index (χ1n) is 9.94. The van der Waals surface area contributed by atoms with Gasteiger partial charge >= 0.3 is 0 Å². The number of carbonyl (C=O) groups excluding carboxylic acids is 1. The fourth-order valence-electron chi connectivity index (χ4n) is 3.32. The molecule has 0 aliphatic carbocycles. The van der Waals surface area contributed by atoms with Crippen molar-refractivity contribution in [1.82, 2.24) is 15.3 Å². The highest BCUT2D eigenvalue weighted by Crippen LogP contribution is 2.35. The molecule has 8 nitrogen and oxygen atoms in total. The van der Waals surface area contributed by atoms with Crippen LogP contribution < -0.4 is 20.1 Å². The molecule has 0 unspecified atom stereocenters. The van der Waals surface area contributed by atoms with Crippen molar-refractivity contribution in [3.8, 4) is 11.5 Å². The molecular weight excluding hydrogens is 396 g/mol. The van der Waals surface area contributed by atoms with Gasteiger partial charge in [-0.2, -0.15) is 0 Å². The van der Waals surface area contributed by atoms with Gasteiger partial charge in [-0.05, 0) is 25.1 Å². The van der Waals surface area contributed by atoms with Crippen molar-refractivity contribution in [2.45, 2.75) is 20.8 Å². The van der Waals surface area contributed by atoms with Crippen LogP contribution in [0.5, 0.6) is 11.5 Å². The number of nitrogens with zero attached hydrogens (tertiary/aromatic N) is 2. The Bertz CT molecular complexity index is 1230. The summed E-state index contributed by atoms with van der Waals surface area (Å²) in [6.07, 6.45) is 1.48. The van der Waals surface area contributed by atoms with Crippen LogP contribution in [0.25, 0.3) is 21.9 Å². The van der Waals surface area contributed by atoms with Gasteiger partial charge in [0.2, 0.25) is 0 Å². The van der Waals surface area contributed by atoms with E-state index in [9.17, 15) is 4.79 Å². The van der Waals surface area contributed by atoms with Crippen LogP contribution in [-0.4, -0.2) is 37.1 Å². The molecule has 2 N–H and O–H groups in total. The molecule has 1 amide bonds. The molecule has 0 saturated heterocycles. The quantitative estimate of drug-likeness (QED) is 0.475. The Morgan fingerprint density at radius 1 is 1.00 bits per heavy atom. The predicted octanol–water partition coefficient (Wildman–Crippen LogP) is 4.83. The number of furan rings is 1. The van der Waals surface area contributed by atoms with Gasteiger partial charge in [0, 0.05) is 35.6 Å². The summed E-state index contributed by atoms with van der Waals surface area (Å²) >= 11 is 0. The maximum absolute atomic E-state index is 12.1. The number of methoxy groups -OCH3 is 2. The van der Waals surface area contributed by atoms with Gasteiger partial charge in [0.15, 0.2) is 11.5 Å². The Morgan fingerprint density at radius 2 is 1.71 bits per heavy atom. The zero-order chi connectivity index (χ0) is 22.5. The van der Waals surface area contributed by atoms with Crippen LogP contribution in [0, 0.1) is 6.92 Å². The molecule has 8 heteroatoms. The molecule has 0 saturated carbocycles. The van der Waals surface area contributed by atoms with Gasteiger partial charge in [-0.1, -0.05) is 13.8 Å². The van der Waals surface area contributed by atoms with Crippen LogP contribution in [0.2, 0.25) is 0 Å². The van der Waals surface area contributed by atoms with Gasteiger partial charge in [-0.15, -0.1) is 0 Å². The lowest BCUT2D eigenvalue weighted by atomic mass is 10.1. The van der Waals surface area contributed by atoms with Crippen LogP contribution in [0.1, 0.15) is 30.0 Å². The fourth-order valence-corrected chi connectivity index (χ4v) is 3.32. The molecule has 2 heterocycles. The van der Waals surface area contributed by atoms with Crippen molar-refractivity contribution >= 4 is 39.3 Å². The third-order valence-electron chi connectivity index (χ3n) is 4.72. The molecule has 2 aromatic carbocycles. The van der Waals surface area contributed by atoms with Gasteiger partial charge < -0.3 is 24.5 Å². The molecule has 0 spiro atoms. The monoisotopic (exact) mass is 422 g/mol. The second-order valence-electron chi connectivity index (χ2n) is 6.39. The molecule has 0 bridgehead atoms. The number of hydrogen-bond acceptors (Lipinski definition) is 7. The highest BCUT2D eigenvalue weighted by Gasteiger charge is 2.18. The Morgan fingerprint density at radius 3 is 2.39 bits per heavy atom. The topological polar surface area (TPSA) is 98.5 Å². The number of carbonyl (C=O) groups is 1. The average molecular weight is 422 g/mol. The molecule has 2 aromatic heterocycles. The largest absolute Gasteiger partial charge is 0.493 e. The first-order chi connectivity index (χ1) is 15.0. The number of aromatic nitrogens is 2. The molecule has 0 aliphatic rings. The second-order valence-corrected chi connectivity index (χ2v) is 6.39. The van der Waals surface area contributed by atoms with E-state index in [1.807, 2.05) is 38.1 Å². The first kappa shape index (κ1) is 21.9. The van der Waals surface area contributed by atoms with E-state index in [2.05, 4.69) is 20.6 Å². The Labute approximate surface area is 180 Å². The van der Waals surface area contributed by atoms with E-state index < -0.39 is 0 Å². The van der Waals surface area contributed by atoms with Crippen molar-refractivity contribution in [1.29, 1.82) is 0 Å². The van der Waals surface area contributed by atoms with Crippen LogP contribution in [-0.2, 0) is 0 Å². The standard InChI is InChI=1S/C21H20N4O4.C2H6/c1-11-19(21(26)22-2)13-6-5-12(7-16(13)29-11)25-20-14-8-17(27-3)18(28-4)9-15(14)23-10-24-20;1-2/h5-10H,1-4H3,(H,22,26)(H,23,24,25);1-2H3. The Kier molecular flexibility index (Phi) is 6.59. The van der Waals surface area contributed by atoms with Crippen molar-refractivity contribution in [3.05, 3.63) is 48.0 Å². The normalized spacial score (nSPS) is 10.4. The van der Waals surface area contributed by atoms with E-state index in [1.54, 1.807) is 34.3 Å². The maximum atomic E-state index is 12.1.